The van der Waals surface area contributed by atoms with Crippen LogP contribution >= 0.6 is 15.9 Å². The Kier molecular flexibility index (Phi) is 5.33. The molecule has 1 aromatic carbocycles. The standard InChI is InChI=1S/C15H19BrN2O3/c1-10-4-2-7-13(18(20)21)14(10)15(19)17-9-11-5-3-6-12(16)8-11/h2,4,7,11-12H,3,5-6,8-9H2,1H3,(H,17,19). The van der Waals surface area contributed by atoms with E-state index < -0.39 is 4.92 Å². The molecule has 1 fully saturated rings. The lowest BCUT2D eigenvalue weighted by molar-refractivity contribution is -0.385. The van der Waals surface area contributed by atoms with Crippen LogP contribution in [0.2, 0.25) is 0 Å². The Balaban J connectivity index is 2.05. The number of rotatable bonds is 4. The topological polar surface area (TPSA) is 72.2 Å². The molecule has 6 heteroatoms. The second-order valence-electron chi connectivity index (χ2n) is 5.57. The number of nitro groups is 1. The van der Waals surface area contributed by atoms with Gasteiger partial charge >= 0.3 is 0 Å². The van der Waals surface area contributed by atoms with Crippen LogP contribution in [0.5, 0.6) is 0 Å². The number of aryl methyl sites for hydroxylation is 1. The summed E-state index contributed by atoms with van der Waals surface area (Å²) in [4.78, 5) is 23.3. The molecule has 1 saturated carbocycles. The van der Waals surface area contributed by atoms with Crippen molar-refractivity contribution in [2.75, 3.05) is 6.54 Å². The summed E-state index contributed by atoms with van der Waals surface area (Å²) in [7, 11) is 0. The molecule has 1 aliphatic carbocycles. The van der Waals surface area contributed by atoms with Crippen LogP contribution in [0.4, 0.5) is 5.69 Å². The molecule has 0 aliphatic heterocycles. The van der Waals surface area contributed by atoms with Crippen LogP contribution in [0.1, 0.15) is 41.6 Å². The van der Waals surface area contributed by atoms with Crippen LogP contribution in [0.15, 0.2) is 18.2 Å². The molecule has 0 radical (unpaired) electrons. The van der Waals surface area contributed by atoms with Crippen LogP contribution < -0.4 is 5.32 Å². The molecule has 0 saturated heterocycles. The van der Waals surface area contributed by atoms with E-state index in [0.29, 0.717) is 22.9 Å². The van der Waals surface area contributed by atoms with Crippen LogP contribution in [0, 0.1) is 23.0 Å². The second kappa shape index (κ2) is 7.02. The molecule has 2 rings (SSSR count). The first-order valence-corrected chi connectivity index (χ1v) is 8.07. The van der Waals surface area contributed by atoms with Crippen LogP contribution in [-0.4, -0.2) is 22.2 Å². The van der Waals surface area contributed by atoms with Gasteiger partial charge in [0.15, 0.2) is 0 Å². The maximum atomic E-state index is 12.3. The highest BCUT2D eigenvalue weighted by atomic mass is 79.9. The SMILES string of the molecule is Cc1cccc([N+](=O)[O-])c1C(=O)NCC1CCCC(Br)C1. The molecule has 114 valence electrons. The van der Waals surface area contributed by atoms with Crippen molar-refractivity contribution < 1.29 is 9.72 Å². The van der Waals surface area contributed by atoms with Crippen molar-refractivity contribution in [3.05, 3.63) is 39.4 Å². The predicted molar refractivity (Wildman–Crippen MR) is 84.8 cm³/mol. The number of benzene rings is 1. The van der Waals surface area contributed by atoms with E-state index in [0.717, 1.165) is 19.3 Å². The van der Waals surface area contributed by atoms with E-state index in [1.165, 1.54) is 12.5 Å². The number of amides is 1. The van der Waals surface area contributed by atoms with Gasteiger partial charge in [-0.3, -0.25) is 14.9 Å². The highest BCUT2D eigenvalue weighted by Gasteiger charge is 2.24. The Bertz CT molecular complexity index is 548. The average molecular weight is 355 g/mol. The van der Waals surface area contributed by atoms with E-state index in [1.54, 1.807) is 19.1 Å². The minimum atomic E-state index is -0.503. The van der Waals surface area contributed by atoms with E-state index in [4.69, 9.17) is 0 Å². The lowest BCUT2D eigenvalue weighted by Crippen LogP contribution is -2.32. The third kappa shape index (κ3) is 4.03. The highest BCUT2D eigenvalue weighted by Crippen LogP contribution is 2.28. The summed E-state index contributed by atoms with van der Waals surface area (Å²) in [6.07, 6.45) is 4.46. The van der Waals surface area contributed by atoms with Crippen molar-refractivity contribution >= 4 is 27.5 Å². The van der Waals surface area contributed by atoms with Crippen LogP contribution in [-0.2, 0) is 0 Å². The number of hydrogen-bond donors (Lipinski definition) is 1. The molecule has 1 aromatic rings. The Morgan fingerprint density at radius 1 is 1.48 bits per heavy atom. The summed E-state index contributed by atoms with van der Waals surface area (Å²) >= 11 is 3.62. The molecule has 1 N–H and O–H groups in total. The molecule has 1 amide bonds. The van der Waals surface area contributed by atoms with E-state index in [1.807, 2.05) is 0 Å². The van der Waals surface area contributed by atoms with E-state index >= 15 is 0 Å². The summed E-state index contributed by atoms with van der Waals surface area (Å²) in [6.45, 7) is 2.30. The third-order valence-corrected chi connectivity index (χ3v) is 4.78. The van der Waals surface area contributed by atoms with Gasteiger partial charge in [0.05, 0.1) is 4.92 Å². The zero-order chi connectivity index (χ0) is 15.4. The lowest BCUT2D eigenvalue weighted by atomic mass is 9.89. The molecule has 2 atom stereocenters. The number of nitrogens with one attached hydrogen (secondary N) is 1. The van der Waals surface area contributed by atoms with Gasteiger partial charge in [0.2, 0.25) is 0 Å². The van der Waals surface area contributed by atoms with E-state index in [-0.39, 0.29) is 17.2 Å². The Morgan fingerprint density at radius 2 is 2.24 bits per heavy atom. The second-order valence-corrected chi connectivity index (χ2v) is 6.86. The first-order valence-electron chi connectivity index (χ1n) is 7.15. The van der Waals surface area contributed by atoms with Crippen molar-refractivity contribution in [1.82, 2.24) is 5.32 Å². The molecule has 2 unspecified atom stereocenters. The molecule has 1 aliphatic rings. The van der Waals surface area contributed by atoms with Crippen molar-refractivity contribution in [3.8, 4) is 0 Å². The minimum absolute atomic E-state index is 0.130. The van der Waals surface area contributed by atoms with Gasteiger partial charge in [-0.25, -0.2) is 0 Å². The van der Waals surface area contributed by atoms with Crippen molar-refractivity contribution in [3.63, 3.8) is 0 Å². The number of halogens is 1. The number of nitrogens with zero attached hydrogens (tertiary/aromatic N) is 1. The van der Waals surface area contributed by atoms with Gasteiger partial charge in [0, 0.05) is 17.4 Å². The third-order valence-electron chi connectivity index (χ3n) is 3.94. The van der Waals surface area contributed by atoms with Gasteiger partial charge in [-0.2, -0.15) is 0 Å². The Labute approximate surface area is 132 Å². The van der Waals surface area contributed by atoms with Crippen LogP contribution in [0.25, 0.3) is 0 Å². The molecule has 0 bridgehead atoms. The molecule has 0 aromatic heterocycles. The van der Waals surface area contributed by atoms with Crippen molar-refractivity contribution in [2.24, 2.45) is 5.92 Å². The number of nitro benzene ring substituents is 1. The monoisotopic (exact) mass is 354 g/mol. The molecule has 21 heavy (non-hydrogen) atoms. The molecule has 0 heterocycles. The maximum absolute atomic E-state index is 12.3. The molecular formula is C15H19BrN2O3. The molecular weight excluding hydrogens is 336 g/mol. The average Bonchev–Trinajstić information content (AvgIpc) is 2.44. The van der Waals surface area contributed by atoms with E-state index in [2.05, 4.69) is 21.2 Å². The highest BCUT2D eigenvalue weighted by molar-refractivity contribution is 9.09. The Hall–Kier alpha value is -1.43. The zero-order valence-corrected chi connectivity index (χ0v) is 13.6. The fourth-order valence-corrected chi connectivity index (χ4v) is 3.69. The summed E-state index contributed by atoms with van der Waals surface area (Å²) < 4.78 is 0. The largest absolute Gasteiger partial charge is 0.352 e. The summed E-state index contributed by atoms with van der Waals surface area (Å²) in [5.74, 6) is 0.0895. The van der Waals surface area contributed by atoms with Gasteiger partial charge in [-0.05, 0) is 37.7 Å². The van der Waals surface area contributed by atoms with E-state index in [9.17, 15) is 14.9 Å². The minimum Gasteiger partial charge on any atom is -0.352 e. The van der Waals surface area contributed by atoms with Gasteiger partial charge in [0.1, 0.15) is 5.56 Å². The molecule has 0 spiro atoms. The fourth-order valence-electron chi connectivity index (χ4n) is 2.84. The smallest absolute Gasteiger partial charge is 0.282 e. The van der Waals surface area contributed by atoms with Crippen molar-refractivity contribution in [1.29, 1.82) is 0 Å². The van der Waals surface area contributed by atoms with Gasteiger partial charge in [-0.15, -0.1) is 0 Å². The number of carbonyl (C=O) groups is 1. The zero-order valence-electron chi connectivity index (χ0n) is 12.0. The normalized spacial score (nSPS) is 21.8. The summed E-state index contributed by atoms with van der Waals surface area (Å²) in [5.41, 5.74) is 0.673. The number of carbonyl (C=O) groups excluding carboxylic acids is 1. The summed E-state index contributed by atoms with van der Waals surface area (Å²) in [5, 5.41) is 13.9. The fraction of sp³-hybridized carbons (Fsp3) is 0.533. The number of hydrogen-bond acceptors (Lipinski definition) is 3. The quantitative estimate of drug-likeness (QED) is 0.510. The summed E-state index contributed by atoms with van der Waals surface area (Å²) in [6, 6.07) is 4.69. The first kappa shape index (κ1) is 15.9. The molecule has 5 nitrogen and oxygen atoms in total. The first-order chi connectivity index (χ1) is 9.99. The lowest BCUT2D eigenvalue weighted by Gasteiger charge is -2.25. The number of alkyl halides is 1. The maximum Gasteiger partial charge on any atom is 0.282 e. The van der Waals surface area contributed by atoms with Crippen LogP contribution in [0.3, 0.4) is 0 Å². The van der Waals surface area contributed by atoms with Gasteiger partial charge in [0.25, 0.3) is 11.6 Å². The van der Waals surface area contributed by atoms with Gasteiger partial charge < -0.3 is 5.32 Å². The predicted octanol–water partition coefficient (Wildman–Crippen LogP) is 3.59. The van der Waals surface area contributed by atoms with Gasteiger partial charge in [-0.1, -0.05) is 34.5 Å². The Morgan fingerprint density at radius 3 is 2.90 bits per heavy atom. The van der Waals surface area contributed by atoms with Crippen molar-refractivity contribution in [2.45, 2.75) is 37.4 Å².